The molecule has 0 aromatic carbocycles. The fraction of sp³-hybridized carbons (Fsp3) is 1.00. The number of nitrogens with zero attached hydrogens (tertiary/aromatic N) is 1. The second-order valence-electron chi connectivity index (χ2n) is 7.20. The molecule has 0 bridgehead atoms. The van der Waals surface area contributed by atoms with Crippen LogP contribution in [0.15, 0.2) is 0 Å². The van der Waals surface area contributed by atoms with E-state index in [-0.39, 0.29) is 11.7 Å². The molecule has 3 rings (SSSR count). The summed E-state index contributed by atoms with van der Waals surface area (Å²) in [5.74, 6) is 0.481. The molecule has 2 heterocycles. The van der Waals surface area contributed by atoms with Crippen molar-refractivity contribution in [3.63, 3.8) is 0 Å². The first-order chi connectivity index (χ1) is 10.2. The van der Waals surface area contributed by atoms with Crippen molar-refractivity contribution < 1.29 is 14.6 Å². The van der Waals surface area contributed by atoms with Gasteiger partial charge in [-0.2, -0.15) is 0 Å². The van der Waals surface area contributed by atoms with Crippen LogP contribution in [0.2, 0.25) is 0 Å². The Kier molecular flexibility index (Phi) is 5.20. The Labute approximate surface area is 128 Å². The highest BCUT2D eigenvalue weighted by Gasteiger charge is 2.41. The van der Waals surface area contributed by atoms with Crippen molar-refractivity contribution in [2.45, 2.75) is 69.1 Å². The van der Waals surface area contributed by atoms with Crippen LogP contribution in [-0.2, 0) is 9.47 Å². The van der Waals surface area contributed by atoms with Gasteiger partial charge in [0.15, 0.2) is 0 Å². The lowest BCUT2D eigenvalue weighted by Gasteiger charge is -2.43. The van der Waals surface area contributed by atoms with Gasteiger partial charge in [0, 0.05) is 51.7 Å². The molecule has 3 aliphatic rings. The maximum Gasteiger partial charge on any atom is 0.0848 e. The molecule has 0 aromatic heterocycles. The second-order valence-corrected chi connectivity index (χ2v) is 7.20. The summed E-state index contributed by atoms with van der Waals surface area (Å²) in [6.07, 6.45) is 9.11. The molecular formula is C17H31NO3. The molecule has 0 aromatic rings. The Bertz CT molecular complexity index is 330. The molecule has 3 atom stereocenters. The normalized spacial score (nSPS) is 37.7. The zero-order valence-corrected chi connectivity index (χ0v) is 13.4. The number of rotatable bonds is 4. The van der Waals surface area contributed by atoms with Gasteiger partial charge < -0.3 is 14.6 Å². The van der Waals surface area contributed by atoms with Gasteiger partial charge in [0.25, 0.3) is 0 Å². The first-order valence-corrected chi connectivity index (χ1v) is 8.79. The molecule has 0 amide bonds. The third kappa shape index (κ3) is 3.44. The molecule has 3 unspecified atom stereocenters. The van der Waals surface area contributed by atoms with Gasteiger partial charge >= 0.3 is 0 Å². The van der Waals surface area contributed by atoms with E-state index >= 15 is 0 Å². The highest BCUT2D eigenvalue weighted by molar-refractivity contribution is 4.95. The molecular weight excluding hydrogens is 266 g/mol. The van der Waals surface area contributed by atoms with Crippen molar-refractivity contribution >= 4 is 0 Å². The zero-order valence-electron chi connectivity index (χ0n) is 13.4. The molecule has 2 saturated heterocycles. The minimum absolute atomic E-state index is 0.0273. The molecule has 4 nitrogen and oxygen atoms in total. The van der Waals surface area contributed by atoms with E-state index in [0.717, 1.165) is 39.0 Å². The maximum absolute atomic E-state index is 10.4. The fourth-order valence-electron chi connectivity index (χ4n) is 4.66. The molecule has 0 radical (unpaired) electrons. The molecule has 1 saturated carbocycles. The van der Waals surface area contributed by atoms with E-state index in [0.29, 0.717) is 12.0 Å². The predicted octanol–water partition coefficient (Wildman–Crippen LogP) is 2.20. The van der Waals surface area contributed by atoms with Crippen molar-refractivity contribution in [3.05, 3.63) is 0 Å². The van der Waals surface area contributed by atoms with Crippen LogP contribution in [0.25, 0.3) is 0 Å². The van der Waals surface area contributed by atoms with Crippen LogP contribution in [-0.4, -0.2) is 61.2 Å². The third-order valence-electron chi connectivity index (χ3n) is 6.02. The SMILES string of the molecule is COC1(CN2CCCC2C2CCCCC2O)CCOCC1. The topological polar surface area (TPSA) is 41.9 Å². The van der Waals surface area contributed by atoms with Gasteiger partial charge in [0.1, 0.15) is 0 Å². The second kappa shape index (κ2) is 6.95. The molecule has 0 spiro atoms. The van der Waals surface area contributed by atoms with E-state index in [1.807, 2.05) is 7.11 Å². The Morgan fingerprint density at radius 2 is 1.90 bits per heavy atom. The van der Waals surface area contributed by atoms with E-state index in [9.17, 15) is 5.11 Å². The summed E-state index contributed by atoms with van der Waals surface area (Å²) in [5.41, 5.74) is -0.0273. The quantitative estimate of drug-likeness (QED) is 0.864. The monoisotopic (exact) mass is 297 g/mol. The maximum atomic E-state index is 10.4. The first-order valence-electron chi connectivity index (χ1n) is 8.79. The number of ether oxygens (including phenoxy) is 2. The lowest BCUT2D eigenvalue weighted by molar-refractivity contribution is -0.111. The molecule has 21 heavy (non-hydrogen) atoms. The van der Waals surface area contributed by atoms with Crippen LogP contribution in [0.5, 0.6) is 0 Å². The molecule has 2 aliphatic heterocycles. The molecule has 122 valence electrons. The molecule has 1 aliphatic carbocycles. The fourth-order valence-corrected chi connectivity index (χ4v) is 4.66. The Morgan fingerprint density at radius 1 is 1.14 bits per heavy atom. The summed E-state index contributed by atoms with van der Waals surface area (Å²) >= 11 is 0. The standard InChI is InChI=1S/C17H31NO3/c1-20-17(8-11-21-12-9-17)13-18-10-4-6-15(18)14-5-2-3-7-16(14)19/h14-16,19H,2-13H2,1H3. The summed E-state index contributed by atoms with van der Waals surface area (Å²) in [5, 5.41) is 10.4. The lowest BCUT2D eigenvalue weighted by atomic mass is 9.80. The van der Waals surface area contributed by atoms with E-state index in [4.69, 9.17) is 9.47 Å². The lowest BCUT2D eigenvalue weighted by Crippen LogP contribution is -2.52. The van der Waals surface area contributed by atoms with E-state index in [1.54, 1.807) is 0 Å². The predicted molar refractivity (Wildman–Crippen MR) is 82.4 cm³/mol. The van der Waals surface area contributed by atoms with Crippen LogP contribution in [0.3, 0.4) is 0 Å². The highest BCUT2D eigenvalue weighted by atomic mass is 16.5. The van der Waals surface area contributed by atoms with Crippen molar-refractivity contribution in [2.24, 2.45) is 5.92 Å². The number of aliphatic hydroxyl groups excluding tert-OH is 1. The van der Waals surface area contributed by atoms with E-state index < -0.39 is 0 Å². The molecule has 4 heteroatoms. The summed E-state index contributed by atoms with van der Waals surface area (Å²) in [6.45, 7) is 3.82. The summed E-state index contributed by atoms with van der Waals surface area (Å²) < 4.78 is 11.4. The third-order valence-corrected chi connectivity index (χ3v) is 6.02. The Morgan fingerprint density at radius 3 is 2.62 bits per heavy atom. The average Bonchev–Trinajstić information content (AvgIpc) is 2.96. The highest BCUT2D eigenvalue weighted by Crippen LogP contribution is 2.37. The average molecular weight is 297 g/mol. The smallest absolute Gasteiger partial charge is 0.0848 e. The number of methoxy groups -OCH3 is 1. The minimum Gasteiger partial charge on any atom is -0.393 e. The van der Waals surface area contributed by atoms with Gasteiger partial charge in [0.2, 0.25) is 0 Å². The van der Waals surface area contributed by atoms with Crippen molar-refractivity contribution in [1.29, 1.82) is 0 Å². The van der Waals surface area contributed by atoms with Gasteiger partial charge in [-0.1, -0.05) is 12.8 Å². The van der Waals surface area contributed by atoms with Gasteiger partial charge in [-0.3, -0.25) is 4.90 Å². The van der Waals surface area contributed by atoms with Crippen LogP contribution in [0, 0.1) is 5.92 Å². The molecule has 1 N–H and O–H groups in total. The van der Waals surface area contributed by atoms with Crippen LogP contribution >= 0.6 is 0 Å². The van der Waals surface area contributed by atoms with Crippen molar-refractivity contribution in [1.82, 2.24) is 4.90 Å². The van der Waals surface area contributed by atoms with E-state index in [2.05, 4.69) is 4.90 Å². The van der Waals surface area contributed by atoms with Gasteiger partial charge in [-0.25, -0.2) is 0 Å². The summed E-state index contributed by atoms with van der Waals surface area (Å²) in [4.78, 5) is 2.62. The van der Waals surface area contributed by atoms with Gasteiger partial charge in [-0.05, 0) is 32.2 Å². The Hall–Kier alpha value is -0.160. The minimum atomic E-state index is -0.0856. The Balaban J connectivity index is 1.65. The summed E-state index contributed by atoms with van der Waals surface area (Å²) in [6, 6.07) is 0.565. The van der Waals surface area contributed by atoms with Gasteiger partial charge in [0.05, 0.1) is 11.7 Å². The first kappa shape index (κ1) is 15.7. The number of hydrogen-bond acceptors (Lipinski definition) is 4. The van der Waals surface area contributed by atoms with Gasteiger partial charge in [-0.15, -0.1) is 0 Å². The zero-order chi connectivity index (χ0) is 14.7. The largest absolute Gasteiger partial charge is 0.393 e. The number of aliphatic hydroxyl groups is 1. The van der Waals surface area contributed by atoms with Crippen molar-refractivity contribution in [2.75, 3.05) is 33.4 Å². The molecule has 3 fully saturated rings. The van der Waals surface area contributed by atoms with Crippen LogP contribution < -0.4 is 0 Å². The van der Waals surface area contributed by atoms with Crippen LogP contribution in [0.4, 0.5) is 0 Å². The number of hydrogen-bond donors (Lipinski definition) is 1. The van der Waals surface area contributed by atoms with E-state index in [1.165, 1.54) is 38.6 Å². The van der Waals surface area contributed by atoms with Crippen LogP contribution in [0.1, 0.15) is 51.4 Å². The van der Waals surface area contributed by atoms with Crippen molar-refractivity contribution in [3.8, 4) is 0 Å². The summed E-state index contributed by atoms with van der Waals surface area (Å²) in [7, 11) is 1.85. The number of likely N-dealkylation sites (tertiary alicyclic amines) is 1.